The number of halogens is 1. The molecule has 1 aromatic rings. The van der Waals surface area contributed by atoms with Gasteiger partial charge in [-0.15, -0.1) is 0 Å². The molecular formula is C13H19ClN2O. The van der Waals surface area contributed by atoms with Crippen molar-refractivity contribution in [3.63, 3.8) is 0 Å². The van der Waals surface area contributed by atoms with Crippen LogP contribution in [0.1, 0.15) is 38.1 Å². The Bertz CT molecular complexity index is 424. The molecule has 1 amide bonds. The fourth-order valence-electron chi connectivity index (χ4n) is 1.16. The van der Waals surface area contributed by atoms with Crippen LogP contribution < -0.4 is 11.1 Å². The average molecular weight is 255 g/mol. The van der Waals surface area contributed by atoms with Gasteiger partial charge in [-0.05, 0) is 30.5 Å². The highest BCUT2D eigenvalue weighted by molar-refractivity contribution is 6.33. The van der Waals surface area contributed by atoms with Crippen LogP contribution in [0.4, 0.5) is 5.69 Å². The number of nitrogens with one attached hydrogen (secondary N) is 1. The second-order valence-corrected chi connectivity index (χ2v) is 5.70. The predicted molar refractivity (Wildman–Crippen MR) is 72.2 cm³/mol. The Morgan fingerprint density at radius 1 is 1.41 bits per heavy atom. The first-order valence-corrected chi connectivity index (χ1v) is 5.95. The molecule has 0 saturated carbocycles. The van der Waals surface area contributed by atoms with Crippen molar-refractivity contribution in [1.82, 2.24) is 5.32 Å². The lowest BCUT2D eigenvalue weighted by Crippen LogP contribution is -2.41. The third kappa shape index (κ3) is 3.63. The average Bonchev–Trinajstić information content (AvgIpc) is 2.20. The van der Waals surface area contributed by atoms with E-state index in [0.717, 1.165) is 0 Å². The van der Waals surface area contributed by atoms with Crippen molar-refractivity contribution in [2.75, 3.05) is 5.73 Å². The van der Waals surface area contributed by atoms with Crippen LogP contribution in [0.3, 0.4) is 0 Å². The number of carbonyl (C=O) groups is 1. The van der Waals surface area contributed by atoms with Crippen LogP contribution in [0, 0.1) is 5.41 Å². The molecule has 3 N–H and O–H groups in total. The minimum Gasteiger partial charge on any atom is -0.398 e. The van der Waals surface area contributed by atoms with E-state index < -0.39 is 0 Å². The molecule has 0 aromatic heterocycles. The maximum Gasteiger partial charge on any atom is 0.251 e. The van der Waals surface area contributed by atoms with Crippen LogP contribution in [0.15, 0.2) is 18.2 Å². The van der Waals surface area contributed by atoms with Crippen LogP contribution in [-0.2, 0) is 0 Å². The zero-order valence-corrected chi connectivity index (χ0v) is 11.4. The first kappa shape index (κ1) is 13.8. The topological polar surface area (TPSA) is 55.1 Å². The van der Waals surface area contributed by atoms with Crippen molar-refractivity contribution in [2.45, 2.75) is 33.7 Å². The van der Waals surface area contributed by atoms with Crippen LogP contribution in [0.5, 0.6) is 0 Å². The lowest BCUT2D eigenvalue weighted by molar-refractivity contribution is 0.0910. The Balaban J connectivity index is 2.80. The fourth-order valence-corrected chi connectivity index (χ4v) is 1.35. The molecule has 1 atom stereocenters. The highest BCUT2D eigenvalue weighted by Crippen LogP contribution is 2.21. The van der Waals surface area contributed by atoms with Gasteiger partial charge in [0.2, 0.25) is 0 Å². The monoisotopic (exact) mass is 254 g/mol. The zero-order valence-electron chi connectivity index (χ0n) is 10.7. The van der Waals surface area contributed by atoms with Crippen LogP contribution in [0.25, 0.3) is 0 Å². The third-order valence-electron chi connectivity index (χ3n) is 2.91. The molecule has 0 radical (unpaired) electrons. The minimum atomic E-state index is -0.130. The van der Waals surface area contributed by atoms with Gasteiger partial charge in [-0.1, -0.05) is 32.4 Å². The predicted octanol–water partition coefficient (Wildman–Crippen LogP) is 3.09. The highest BCUT2D eigenvalue weighted by Gasteiger charge is 2.22. The summed E-state index contributed by atoms with van der Waals surface area (Å²) >= 11 is 5.88. The Morgan fingerprint density at radius 2 is 2.00 bits per heavy atom. The van der Waals surface area contributed by atoms with Gasteiger partial charge in [-0.25, -0.2) is 0 Å². The van der Waals surface area contributed by atoms with Crippen LogP contribution in [0.2, 0.25) is 5.02 Å². The van der Waals surface area contributed by atoms with E-state index in [4.69, 9.17) is 17.3 Å². The van der Waals surface area contributed by atoms with Gasteiger partial charge in [0.1, 0.15) is 0 Å². The minimum absolute atomic E-state index is 0.0211. The van der Waals surface area contributed by atoms with Crippen molar-refractivity contribution in [2.24, 2.45) is 5.41 Å². The maximum atomic E-state index is 12.0. The summed E-state index contributed by atoms with van der Waals surface area (Å²) in [6, 6.07) is 4.97. The van der Waals surface area contributed by atoms with E-state index in [9.17, 15) is 4.79 Å². The second-order valence-electron chi connectivity index (χ2n) is 5.30. The largest absolute Gasteiger partial charge is 0.398 e. The van der Waals surface area contributed by atoms with E-state index in [1.54, 1.807) is 18.2 Å². The number of rotatable bonds is 2. The molecule has 0 saturated heterocycles. The molecule has 17 heavy (non-hydrogen) atoms. The van der Waals surface area contributed by atoms with Crippen molar-refractivity contribution in [1.29, 1.82) is 0 Å². The molecular weight excluding hydrogens is 236 g/mol. The summed E-state index contributed by atoms with van der Waals surface area (Å²) in [6.45, 7) is 8.21. The Morgan fingerprint density at radius 3 is 2.47 bits per heavy atom. The summed E-state index contributed by atoms with van der Waals surface area (Å²) in [5.74, 6) is -0.130. The van der Waals surface area contributed by atoms with Gasteiger partial charge in [-0.2, -0.15) is 0 Å². The van der Waals surface area contributed by atoms with Gasteiger partial charge in [0.05, 0.1) is 10.7 Å². The van der Waals surface area contributed by atoms with Crippen LogP contribution in [-0.4, -0.2) is 11.9 Å². The number of hydrogen-bond acceptors (Lipinski definition) is 2. The normalized spacial score (nSPS) is 13.2. The molecule has 0 aliphatic heterocycles. The molecule has 1 rings (SSSR count). The van der Waals surface area contributed by atoms with Crippen molar-refractivity contribution >= 4 is 23.2 Å². The van der Waals surface area contributed by atoms with E-state index in [-0.39, 0.29) is 17.4 Å². The SMILES string of the molecule is CC(NC(=O)c1ccc(N)c(Cl)c1)C(C)(C)C. The molecule has 0 heterocycles. The van der Waals surface area contributed by atoms with Gasteiger partial charge in [0.15, 0.2) is 0 Å². The smallest absolute Gasteiger partial charge is 0.251 e. The number of anilines is 1. The van der Waals surface area contributed by atoms with E-state index in [1.165, 1.54) is 0 Å². The molecule has 1 aromatic carbocycles. The molecule has 0 bridgehead atoms. The lowest BCUT2D eigenvalue weighted by atomic mass is 9.88. The number of nitrogens with two attached hydrogens (primary N) is 1. The number of nitrogen functional groups attached to an aromatic ring is 1. The highest BCUT2D eigenvalue weighted by atomic mass is 35.5. The first-order chi connectivity index (χ1) is 7.71. The number of carbonyl (C=O) groups excluding carboxylic acids is 1. The number of hydrogen-bond donors (Lipinski definition) is 2. The Kier molecular flexibility index (Phi) is 4.04. The van der Waals surface area contributed by atoms with Crippen molar-refractivity contribution in [3.05, 3.63) is 28.8 Å². The molecule has 0 aliphatic carbocycles. The summed E-state index contributed by atoms with van der Waals surface area (Å²) in [7, 11) is 0. The van der Waals surface area contributed by atoms with Crippen molar-refractivity contribution in [3.8, 4) is 0 Å². The summed E-state index contributed by atoms with van der Waals surface area (Å²) in [5, 5.41) is 3.35. The molecule has 1 unspecified atom stereocenters. The fraction of sp³-hybridized carbons (Fsp3) is 0.462. The van der Waals surface area contributed by atoms with Gasteiger partial charge >= 0.3 is 0 Å². The Hall–Kier alpha value is -1.22. The van der Waals surface area contributed by atoms with Gasteiger partial charge in [0.25, 0.3) is 5.91 Å². The van der Waals surface area contributed by atoms with E-state index >= 15 is 0 Å². The zero-order chi connectivity index (χ0) is 13.2. The summed E-state index contributed by atoms with van der Waals surface area (Å²) in [5.41, 5.74) is 6.62. The van der Waals surface area contributed by atoms with Crippen molar-refractivity contribution < 1.29 is 4.79 Å². The summed E-state index contributed by atoms with van der Waals surface area (Å²) in [6.07, 6.45) is 0. The van der Waals surface area contributed by atoms with Gasteiger partial charge in [0, 0.05) is 11.6 Å². The number of amides is 1. The van der Waals surface area contributed by atoms with E-state index in [1.807, 2.05) is 6.92 Å². The molecule has 0 fully saturated rings. The van der Waals surface area contributed by atoms with Crippen LogP contribution >= 0.6 is 11.6 Å². The Labute approximate surface area is 107 Å². The summed E-state index contributed by atoms with van der Waals surface area (Å²) < 4.78 is 0. The van der Waals surface area contributed by atoms with Gasteiger partial charge < -0.3 is 11.1 Å². The number of benzene rings is 1. The third-order valence-corrected chi connectivity index (χ3v) is 3.24. The lowest BCUT2D eigenvalue weighted by Gasteiger charge is -2.28. The van der Waals surface area contributed by atoms with E-state index in [0.29, 0.717) is 16.3 Å². The quantitative estimate of drug-likeness (QED) is 0.797. The molecule has 3 nitrogen and oxygen atoms in total. The standard InChI is InChI=1S/C13H19ClN2O/c1-8(13(2,3)4)16-12(17)9-5-6-11(15)10(14)7-9/h5-8H,15H2,1-4H3,(H,16,17). The molecule has 94 valence electrons. The van der Waals surface area contributed by atoms with Gasteiger partial charge in [-0.3, -0.25) is 4.79 Å². The first-order valence-electron chi connectivity index (χ1n) is 5.57. The van der Waals surface area contributed by atoms with E-state index in [2.05, 4.69) is 26.1 Å². The second kappa shape index (κ2) is 4.96. The maximum absolute atomic E-state index is 12.0. The molecule has 0 aliphatic rings. The molecule has 0 spiro atoms. The summed E-state index contributed by atoms with van der Waals surface area (Å²) in [4.78, 5) is 12.0. The molecule has 4 heteroatoms.